The summed E-state index contributed by atoms with van der Waals surface area (Å²) in [5, 5.41) is 0. The lowest BCUT2D eigenvalue weighted by Crippen LogP contribution is -2.00. The highest BCUT2D eigenvalue weighted by molar-refractivity contribution is 5.94. The molecule has 18 heavy (non-hydrogen) atoms. The summed E-state index contributed by atoms with van der Waals surface area (Å²) in [5.74, 6) is 2.07. The van der Waals surface area contributed by atoms with Crippen molar-refractivity contribution >= 4 is 5.78 Å². The molecule has 0 aliphatic carbocycles. The third kappa shape index (κ3) is 2.00. The fourth-order valence-corrected chi connectivity index (χ4v) is 1.71. The number of hydrogen-bond acceptors (Lipinski definition) is 4. The minimum absolute atomic E-state index is 0.111. The van der Waals surface area contributed by atoms with Crippen LogP contribution in [0.15, 0.2) is 62.2 Å². The number of Topliss-reactive ketones (excluding diaryl/α,β-unsaturated/α-hetero) is 1. The summed E-state index contributed by atoms with van der Waals surface area (Å²) in [6.07, 6.45) is 3.23. The Bertz CT molecular complexity index is 629. The van der Waals surface area contributed by atoms with Gasteiger partial charge in [0.15, 0.2) is 17.3 Å². The van der Waals surface area contributed by atoms with Gasteiger partial charge in [-0.2, -0.15) is 0 Å². The van der Waals surface area contributed by atoms with E-state index in [1.807, 2.05) is 0 Å². The summed E-state index contributed by atoms with van der Waals surface area (Å²) in [6, 6.07) is 10.5. The predicted molar refractivity (Wildman–Crippen MR) is 63.2 cm³/mol. The van der Waals surface area contributed by atoms with Crippen LogP contribution in [-0.2, 0) is 6.42 Å². The lowest BCUT2D eigenvalue weighted by atomic mass is 10.2. The number of rotatable bonds is 4. The van der Waals surface area contributed by atoms with Gasteiger partial charge < -0.3 is 13.3 Å². The van der Waals surface area contributed by atoms with Gasteiger partial charge in [0.25, 0.3) is 0 Å². The molecule has 0 N–H and O–H groups in total. The minimum atomic E-state index is -0.111. The van der Waals surface area contributed by atoms with Crippen molar-refractivity contribution in [1.29, 1.82) is 0 Å². The molecule has 3 heterocycles. The van der Waals surface area contributed by atoms with Gasteiger partial charge in [0.2, 0.25) is 5.78 Å². The molecular weight excluding hydrogens is 232 g/mol. The van der Waals surface area contributed by atoms with Crippen molar-refractivity contribution < 1.29 is 18.0 Å². The van der Waals surface area contributed by atoms with Crippen LogP contribution in [0.4, 0.5) is 0 Å². The van der Waals surface area contributed by atoms with E-state index in [-0.39, 0.29) is 12.2 Å². The Morgan fingerprint density at radius 2 is 1.78 bits per heavy atom. The first-order valence-corrected chi connectivity index (χ1v) is 5.52. The molecule has 0 unspecified atom stereocenters. The van der Waals surface area contributed by atoms with E-state index in [1.54, 1.807) is 42.7 Å². The molecule has 0 bridgehead atoms. The average Bonchev–Trinajstić information content (AvgIpc) is 3.12. The summed E-state index contributed by atoms with van der Waals surface area (Å²) in [4.78, 5) is 11.8. The molecule has 0 fully saturated rings. The lowest BCUT2D eigenvalue weighted by molar-refractivity contribution is 0.0960. The molecule has 0 saturated heterocycles. The Kier molecular flexibility index (Phi) is 2.61. The highest BCUT2D eigenvalue weighted by Crippen LogP contribution is 2.23. The maximum atomic E-state index is 11.8. The van der Waals surface area contributed by atoms with Gasteiger partial charge >= 0.3 is 0 Å². The molecule has 0 aliphatic rings. The topological polar surface area (TPSA) is 56.5 Å². The Balaban J connectivity index is 1.76. The smallest absolute Gasteiger partial charge is 0.205 e. The maximum Gasteiger partial charge on any atom is 0.205 e. The van der Waals surface area contributed by atoms with Crippen molar-refractivity contribution in [2.45, 2.75) is 6.42 Å². The van der Waals surface area contributed by atoms with Crippen molar-refractivity contribution in [3.05, 3.63) is 60.4 Å². The van der Waals surface area contributed by atoms with Crippen LogP contribution in [0.1, 0.15) is 16.3 Å². The molecule has 3 aromatic heterocycles. The van der Waals surface area contributed by atoms with Crippen LogP contribution >= 0.6 is 0 Å². The van der Waals surface area contributed by atoms with Crippen LogP contribution in [-0.4, -0.2) is 5.78 Å². The zero-order valence-electron chi connectivity index (χ0n) is 9.46. The van der Waals surface area contributed by atoms with Gasteiger partial charge in [-0.15, -0.1) is 0 Å². The summed E-state index contributed by atoms with van der Waals surface area (Å²) < 4.78 is 15.8. The monoisotopic (exact) mass is 242 g/mol. The molecule has 0 aliphatic heterocycles. The summed E-state index contributed by atoms with van der Waals surface area (Å²) in [7, 11) is 0. The Morgan fingerprint density at radius 3 is 2.50 bits per heavy atom. The van der Waals surface area contributed by atoms with Gasteiger partial charge in [-0.3, -0.25) is 4.79 Å². The van der Waals surface area contributed by atoms with Crippen LogP contribution in [0.5, 0.6) is 0 Å². The maximum absolute atomic E-state index is 11.8. The van der Waals surface area contributed by atoms with Crippen molar-refractivity contribution in [3.8, 4) is 11.5 Å². The first-order valence-electron chi connectivity index (χ1n) is 5.52. The fourth-order valence-electron chi connectivity index (χ4n) is 1.71. The Hall–Kier alpha value is -2.49. The van der Waals surface area contributed by atoms with Crippen LogP contribution in [0.25, 0.3) is 11.5 Å². The number of furan rings is 3. The third-order valence-corrected chi connectivity index (χ3v) is 2.56. The van der Waals surface area contributed by atoms with Gasteiger partial charge in [-0.1, -0.05) is 0 Å². The fraction of sp³-hybridized carbons (Fsp3) is 0.0714. The van der Waals surface area contributed by atoms with Crippen molar-refractivity contribution in [3.63, 3.8) is 0 Å². The van der Waals surface area contributed by atoms with Gasteiger partial charge in [0, 0.05) is 0 Å². The summed E-state index contributed by atoms with van der Waals surface area (Å²) in [6.45, 7) is 0. The summed E-state index contributed by atoms with van der Waals surface area (Å²) >= 11 is 0. The zero-order chi connectivity index (χ0) is 12.4. The van der Waals surface area contributed by atoms with Crippen molar-refractivity contribution in [2.24, 2.45) is 0 Å². The van der Waals surface area contributed by atoms with E-state index >= 15 is 0 Å². The molecule has 0 aromatic carbocycles. The second kappa shape index (κ2) is 4.41. The predicted octanol–water partition coefficient (Wildman–Crippen LogP) is 3.56. The molecule has 90 valence electrons. The van der Waals surface area contributed by atoms with E-state index in [4.69, 9.17) is 13.3 Å². The van der Waals surface area contributed by atoms with Gasteiger partial charge in [0.05, 0.1) is 18.9 Å². The first-order chi connectivity index (χ1) is 8.83. The van der Waals surface area contributed by atoms with Crippen molar-refractivity contribution in [1.82, 2.24) is 0 Å². The van der Waals surface area contributed by atoms with Crippen LogP contribution < -0.4 is 0 Å². The SMILES string of the molecule is O=C(Cc1ccc(-c2ccco2)o1)c1ccco1. The van der Waals surface area contributed by atoms with Crippen molar-refractivity contribution in [2.75, 3.05) is 0 Å². The number of hydrogen-bond donors (Lipinski definition) is 0. The van der Waals surface area contributed by atoms with Gasteiger partial charge in [-0.25, -0.2) is 0 Å². The Labute approximate surface area is 103 Å². The van der Waals surface area contributed by atoms with E-state index in [9.17, 15) is 4.79 Å². The largest absolute Gasteiger partial charge is 0.461 e. The van der Waals surface area contributed by atoms with Crippen LogP contribution in [0.2, 0.25) is 0 Å². The molecule has 4 nitrogen and oxygen atoms in total. The van der Waals surface area contributed by atoms with E-state index in [0.29, 0.717) is 23.0 Å². The number of ketones is 1. The lowest BCUT2D eigenvalue weighted by Gasteiger charge is -1.94. The number of carbonyl (C=O) groups is 1. The zero-order valence-corrected chi connectivity index (χ0v) is 9.46. The van der Waals surface area contributed by atoms with E-state index in [2.05, 4.69) is 0 Å². The van der Waals surface area contributed by atoms with Gasteiger partial charge in [-0.05, 0) is 36.4 Å². The third-order valence-electron chi connectivity index (χ3n) is 2.56. The minimum Gasteiger partial charge on any atom is -0.461 e. The van der Waals surface area contributed by atoms with Crippen LogP contribution in [0, 0.1) is 0 Å². The first kappa shape index (κ1) is 10.7. The highest BCUT2D eigenvalue weighted by Gasteiger charge is 2.13. The normalized spacial score (nSPS) is 10.7. The molecule has 3 aromatic rings. The second-order valence-electron chi connectivity index (χ2n) is 3.82. The molecule has 0 amide bonds. The summed E-state index contributed by atoms with van der Waals surface area (Å²) in [5.41, 5.74) is 0. The highest BCUT2D eigenvalue weighted by atomic mass is 16.4. The van der Waals surface area contributed by atoms with Crippen LogP contribution in [0.3, 0.4) is 0 Å². The molecule has 4 heteroatoms. The Morgan fingerprint density at radius 1 is 0.944 bits per heavy atom. The van der Waals surface area contributed by atoms with E-state index in [0.717, 1.165) is 0 Å². The average molecular weight is 242 g/mol. The quantitative estimate of drug-likeness (QED) is 0.656. The van der Waals surface area contributed by atoms with E-state index in [1.165, 1.54) is 6.26 Å². The second-order valence-corrected chi connectivity index (χ2v) is 3.82. The molecule has 0 atom stereocenters. The van der Waals surface area contributed by atoms with Gasteiger partial charge in [0.1, 0.15) is 5.76 Å². The van der Waals surface area contributed by atoms with E-state index < -0.39 is 0 Å². The number of carbonyl (C=O) groups excluding carboxylic acids is 1. The molecular formula is C14H10O4. The molecule has 0 saturated carbocycles. The molecule has 0 radical (unpaired) electrons. The standard InChI is InChI=1S/C14H10O4/c15-11(12-3-1-7-16-12)9-10-5-6-14(18-10)13-4-2-8-17-13/h1-8H,9H2. The molecule has 3 rings (SSSR count). The molecule has 0 spiro atoms.